The quantitative estimate of drug-likeness (QED) is 0.245. The maximum atomic E-state index is 13.4. The summed E-state index contributed by atoms with van der Waals surface area (Å²) in [5.41, 5.74) is 3.19. The molecule has 0 N–H and O–H groups in total. The summed E-state index contributed by atoms with van der Waals surface area (Å²) in [4.78, 5) is 37.6. The van der Waals surface area contributed by atoms with Gasteiger partial charge in [-0.15, -0.1) is 0 Å². The average Bonchev–Trinajstić information content (AvgIpc) is 3.07. The lowest BCUT2D eigenvalue weighted by Crippen LogP contribution is -2.56. The van der Waals surface area contributed by atoms with E-state index < -0.39 is 0 Å². The molecular formula is C31H42O4. The summed E-state index contributed by atoms with van der Waals surface area (Å²) < 4.78 is 4.70. The van der Waals surface area contributed by atoms with Gasteiger partial charge in [0.25, 0.3) is 0 Å². The Kier molecular flexibility index (Phi) is 7.64. The lowest BCUT2D eigenvalue weighted by Gasteiger charge is -2.60. The molecule has 0 unspecified atom stereocenters. The van der Waals surface area contributed by atoms with Crippen LogP contribution in [0.25, 0.3) is 0 Å². The topological polar surface area (TPSA) is 60.4 Å². The van der Waals surface area contributed by atoms with Crippen molar-refractivity contribution in [1.82, 2.24) is 0 Å². The molecule has 0 radical (unpaired) electrons. The molecule has 0 bridgehead atoms. The summed E-state index contributed by atoms with van der Waals surface area (Å²) in [7, 11) is 1.37. The van der Waals surface area contributed by atoms with E-state index in [4.69, 9.17) is 4.74 Å². The molecule has 4 heteroatoms. The van der Waals surface area contributed by atoms with E-state index in [1.54, 1.807) is 13.0 Å². The highest BCUT2D eigenvalue weighted by Crippen LogP contribution is 2.68. The minimum atomic E-state index is -0.335. The molecule has 0 aromatic rings. The van der Waals surface area contributed by atoms with Crippen molar-refractivity contribution in [1.29, 1.82) is 0 Å². The van der Waals surface area contributed by atoms with E-state index in [9.17, 15) is 14.4 Å². The highest BCUT2D eigenvalue weighted by atomic mass is 16.5. The largest absolute Gasteiger partial charge is 0.466 e. The maximum Gasteiger partial charge on any atom is 0.333 e. The fraction of sp³-hybridized carbons (Fsp3) is 0.581. The fourth-order valence-electron chi connectivity index (χ4n) is 7.44. The van der Waals surface area contributed by atoms with Crippen molar-refractivity contribution in [3.63, 3.8) is 0 Å². The first-order valence-corrected chi connectivity index (χ1v) is 12.8. The van der Waals surface area contributed by atoms with E-state index in [1.807, 2.05) is 31.2 Å². The fourth-order valence-corrected chi connectivity index (χ4v) is 7.44. The smallest absolute Gasteiger partial charge is 0.333 e. The zero-order valence-corrected chi connectivity index (χ0v) is 22.8. The van der Waals surface area contributed by atoms with Crippen LogP contribution >= 0.6 is 0 Å². The van der Waals surface area contributed by atoms with E-state index in [1.165, 1.54) is 7.11 Å². The summed E-state index contributed by atoms with van der Waals surface area (Å²) in [5.74, 6) is 0.955. The molecular weight excluding hydrogens is 436 g/mol. The normalized spacial score (nSPS) is 34.9. The van der Waals surface area contributed by atoms with Gasteiger partial charge in [0.05, 0.1) is 7.11 Å². The second kappa shape index (κ2) is 9.87. The van der Waals surface area contributed by atoms with Crippen molar-refractivity contribution < 1.29 is 19.1 Å². The van der Waals surface area contributed by atoms with Gasteiger partial charge in [0.1, 0.15) is 5.78 Å². The minimum Gasteiger partial charge on any atom is -0.466 e. The van der Waals surface area contributed by atoms with Gasteiger partial charge in [-0.2, -0.15) is 0 Å². The molecule has 0 spiro atoms. The van der Waals surface area contributed by atoms with Crippen LogP contribution in [0.2, 0.25) is 0 Å². The number of esters is 1. The van der Waals surface area contributed by atoms with Gasteiger partial charge in [-0.25, -0.2) is 4.79 Å². The Labute approximate surface area is 211 Å². The molecule has 0 amide bonds. The predicted octanol–water partition coefficient (Wildman–Crippen LogP) is 6.88. The van der Waals surface area contributed by atoms with Crippen LogP contribution in [-0.4, -0.2) is 24.6 Å². The number of ketones is 2. The van der Waals surface area contributed by atoms with E-state index in [2.05, 4.69) is 40.7 Å². The number of allylic oxidation sites excluding steroid dienone is 9. The van der Waals surface area contributed by atoms with Gasteiger partial charge in [0, 0.05) is 34.8 Å². The SMILES string of the molecule is COC(=O)C(C)=CC=CC(C)=CC=CC(C)=C1C(=O)C[C@@H]2[C@@]3(C)CCC(=O)C(C)(C)[C@@H]3CC[C@@]12C. The van der Waals surface area contributed by atoms with Crippen molar-refractivity contribution in [2.24, 2.45) is 28.1 Å². The van der Waals surface area contributed by atoms with Crippen LogP contribution in [-0.2, 0) is 19.1 Å². The first-order chi connectivity index (χ1) is 16.3. The minimum absolute atomic E-state index is 0.0168. The van der Waals surface area contributed by atoms with Crippen LogP contribution in [0.15, 0.2) is 58.7 Å². The third-order valence-electron chi connectivity index (χ3n) is 9.35. The van der Waals surface area contributed by atoms with Gasteiger partial charge in [0.2, 0.25) is 0 Å². The molecule has 4 atom stereocenters. The number of carbonyl (C=O) groups excluding carboxylic acids is 3. The summed E-state index contributed by atoms with van der Waals surface area (Å²) >= 11 is 0. The Morgan fingerprint density at radius 3 is 2.26 bits per heavy atom. The summed E-state index contributed by atoms with van der Waals surface area (Å²) in [6, 6.07) is 0. The van der Waals surface area contributed by atoms with Crippen LogP contribution in [0.4, 0.5) is 0 Å². The Hall–Kier alpha value is -2.49. The number of hydrogen-bond donors (Lipinski definition) is 0. The van der Waals surface area contributed by atoms with Gasteiger partial charge in [0.15, 0.2) is 5.78 Å². The number of rotatable bonds is 5. The van der Waals surface area contributed by atoms with E-state index in [0.717, 1.165) is 36.0 Å². The van der Waals surface area contributed by atoms with Crippen LogP contribution in [0, 0.1) is 28.1 Å². The third kappa shape index (κ3) is 4.81. The number of ether oxygens (including phenoxy) is 1. The highest BCUT2D eigenvalue weighted by molar-refractivity contribution is 6.01. The van der Waals surface area contributed by atoms with E-state index >= 15 is 0 Å². The molecule has 190 valence electrons. The lowest BCUT2D eigenvalue weighted by molar-refractivity contribution is -0.154. The second-order valence-electron chi connectivity index (χ2n) is 11.9. The number of Topliss-reactive ketones (excluding diaryl/α,β-unsaturated/α-hetero) is 2. The first kappa shape index (κ1) is 27.1. The van der Waals surface area contributed by atoms with Gasteiger partial charge >= 0.3 is 5.97 Å². The molecule has 4 nitrogen and oxygen atoms in total. The zero-order chi connectivity index (χ0) is 26.2. The van der Waals surface area contributed by atoms with E-state index in [0.29, 0.717) is 30.1 Å². The molecule has 0 aromatic heterocycles. The van der Waals surface area contributed by atoms with Crippen LogP contribution in [0.1, 0.15) is 80.6 Å². The van der Waals surface area contributed by atoms with Crippen LogP contribution in [0.5, 0.6) is 0 Å². The standard InChI is InChI=1S/C31H42O4/c1-20(12-10-14-22(3)28(34)35-8)11-9-13-21(2)27-23(32)19-25-30(6)18-16-26(33)29(4,5)24(30)15-17-31(25,27)7/h9-14,24-25H,15-19H2,1-8H3/t24-,25+,30-,31+/m0/s1. The number of carbonyl (C=O) groups is 3. The number of methoxy groups -OCH3 is 1. The molecule has 35 heavy (non-hydrogen) atoms. The van der Waals surface area contributed by atoms with Crippen molar-refractivity contribution in [3.05, 3.63) is 58.7 Å². The highest BCUT2D eigenvalue weighted by Gasteiger charge is 2.64. The Balaban J connectivity index is 1.83. The maximum absolute atomic E-state index is 13.4. The molecule has 0 saturated heterocycles. The molecule has 3 rings (SSSR count). The van der Waals surface area contributed by atoms with Crippen LogP contribution < -0.4 is 0 Å². The predicted molar refractivity (Wildman–Crippen MR) is 141 cm³/mol. The Morgan fingerprint density at radius 1 is 0.943 bits per heavy atom. The lowest BCUT2D eigenvalue weighted by atomic mass is 9.43. The Morgan fingerprint density at radius 2 is 1.60 bits per heavy atom. The van der Waals surface area contributed by atoms with Crippen molar-refractivity contribution >= 4 is 17.5 Å². The average molecular weight is 479 g/mol. The molecule has 0 heterocycles. The Bertz CT molecular complexity index is 1060. The van der Waals surface area contributed by atoms with Crippen molar-refractivity contribution in [3.8, 4) is 0 Å². The van der Waals surface area contributed by atoms with Crippen molar-refractivity contribution in [2.75, 3.05) is 7.11 Å². The van der Waals surface area contributed by atoms with Crippen molar-refractivity contribution in [2.45, 2.75) is 80.6 Å². The molecule has 3 aliphatic rings. The molecule has 3 saturated carbocycles. The van der Waals surface area contributed by atoms with Gasteiger partial charge in [-0.3, -0.25) is 9.59 Å². The summed E-state index contributed by atoms with van der Waals surface area (Å²) in [6.07, 6.45) is 15.6. The molecule has 3 fully saturated rings. The number of hydrogen-bond acceptors (Lipinski definition) is 4. The van der Waals surface area contributed by atoms with Gasteiger partial charge in [-0.05, 0) is 62.9 Å². The van der Waals surface area contributed by atoms with E-state index in [-0.39, 0.29) is 33.9 Å². The monoisotopic (exact) mass is 478 g/mol. The van der Waals surface area contributed by atoms with Gasteiger partial charge < -0.3 is 4.74 Å². The molecule has 0 aliphatic heterocycles. The first-order valence-electron chi connectivity index (χ1n) is 12.8. The second-order valence-corrected chi connectivity index (χ2v) is 11.9. The molecule has 3 aliphatic carbocycles. The summed E-state index contributed by atoms with van der Waals surface area (Å²) in [6.45, 7) is 14.7. The molecule has 0 aromatic carbocycles. The van der Waals surface area contributed by atoms with Gasteiger partial charge in [-0.1, -0.05) is 69.7 Å². The van der Waals surface area contributed by atoms with Crippen LogP contribution in [0.3, 0.4) is 0 Å². The summed E-state index contributed by atoms with van der Waals surface area (Å²) in [5, 5.41) is 0. The number of fused-ring (bicyclic) bond motifs is 3. The third-order valence-corrected chi connectivity index (χ3v) is 9.35. The zero-order valence-electron chi connectivity index (χ0n) is 22.8.